The van der Waals surface area contributed by atoms with Crippen molar-refractivity contribution in [1.29, 1.82) is 0 Å². The zero-order valence-electron chi connectivity index (χ0n) is 13.1. The standard InChI is InChI=1S/C19H24IN/c1-4-14(3)15-10-12-16(13-11-15)19(21-5-2)17-8-6-7-9-18(17)20/h6-14,19,21H,4-5H2,1-3H3. The molecule has 0 saturated heterocycles. The quantitative estimate of drug-likeness (QED) is 0.639. The van der Waals surface area contributed by atoms with Gasteiger partial charge in [0.15, 0.2) is 0 Å². The third-order valence-corrected chi connectivity index (χ3v) is 5.06. The van der Waals surface area contributed by atoms with Crippen molar-refractivity contribution in [1.82, 2.24) is 5.32 Å². The molecule has 0 amide bonds. The SMILES string of the molecule is CCNC(c1ccc(C(C)CC)cc1)c1ccccc1I. The number of benzene rings is 2. The topological polar surface area (TPSA) is 12.0 Å². The average Bonchev–Trinajstić information content (AvgIpc) is 2.53. The number of halogens is 1. The molecule has 0 aliphatic carbocycles. The van der Waals surface area contributed by atoms with Gasteiger partial charge in [0, 0.05) is 3.57 Å². The molecule has 0 spiro atoms. The van der Waals surface area contributed by atoms with E-state index >= 15 is 0 Å². The molecule has 112 valence electrons. The van der Waals surface area contributed by atoms with E-state index in [1.54, 1.807) is 0 Å². The zero-order chi connectivity index (χ0) is 15.2. The summed E-state index contributed by atoms with van der Waals surface area (Å²) in [4.78, 5) is 0. The van der Waals surface area contributed by atoms with E-state index in [9.17, 15) is 0 Å². The molecule has 1 nitrogen and oxygen atoms in total. The summed E-state index contributed by atoms with van der Waals surface area (Å²) in [5.41, 5.74) is 4.13. The Balaban J connectivity index is 2.33. The smallest absolute Gasteiger partial charge is 0.0587 e. The monoisotopic (exact) mass is 393 g/mol. The fourth-order valence-electron chi connectivity index (χ4n) is 2.57. The summed E-state index contributed by atoms with van der Waals surface area (Å²) in [6.07, 6.45) is 1.19. The van der Waals surface area contributed by atoms with Crippen molar-refractivity contribution < 1.29 is 0 Å². The van der Waals surface area contributed by atoms with E-state index in [-0.39, 0.29) is 6.04 Å². The van der Waals surface area contributed by atoms with Crippen LogP contribution in [0.1, 0.15) is 55.8 Å². The van der Waals surface area contributed by atoms with Gasteiger partial charge in [-0.1, -0.05) is 63.2 Å². The summed E-state index contributed by atoms with van der Waals surface area (Å²) in [5, 5.41) is 3.61. The molecule has 0 radical (unpaired) electrons. The second-order valence-electron chi connectivity index (χ2n) is 5.49. The van der Waals surface area contributed by atoms with E-state index in [2.05, 4.69) is 97.2 Å². The lowest BCUT2D eigenvalue weighted by atomic mass is 9.93. The van der Waals surface area contributed by atoms with Gasteiger partial charge in [-0.05, 0) is 64.2 Å². The van der Waals surface area contributed by atoms with Crippen LogP contribution in [-0.4, -0.2) is 6.54 Å². The van der Waals surface area contributed by atoms with Gasteiger partial charge in [-0.15, -0.1) is 0 Å². The Hall–Kier alpha value is -0.870. The summed E-state index contributed by atoms with van der Waals surface area (Å²) in [5.74, 6) is 0.633. The highest BCUT2D eigenvalue weighted by molar-refractivity contribution is 14.1. The molecule has 0 heterocycles. The molecule has 21 heavy (non-hydrogen) atoms. The van der Waals surface area contributed by atoms with Gasteiger partial charge in [-0.2, -0.15) is 0 Å². The molecule has 0 aliphatic rings. The van der Waals surface area contributed by atoms with Crippen molar-refractivity contribution in [2.75, 3.05) is 6.54 Å². The Kier molecular flexibility index (Phi) is 6.24. The summed E-state index contributed by atoms with van der Waals surface area (Å²) >= 11 is 2.43. The van der Waals surface area contributed by atoms with Crippen molar-refractivity contribution in [2.45, 2.75) is 39.2 Å². The van der Waals surface area contributed by atoms with Gasteiger partial charge in [0.1, 0.15) is 0 Å². The predicted molar refractivity (Wildman–Crippen MR) is 99.8 cm³/mol. The first-order chi connectivity index (χ1) is 10.2. The zero-order valence-corrected chi connectivity index (χ0v) is 15.2. The van der Waals surface area contributed by atoms with Crippen molar-refractivity contribution in [3.05, 3.63) is 68.8 Å². The van der Waals surface area contributed by atoms with Crippen LogP contribution < -0.4 is 5.32 Å². The molecule has 2 aromatic rings. The van der Waals surface area contributed by atoms with E-state index in [1.165, 1.54) is 26.7 Å². The first-order valence-corrected chi connectivity index (χ1v) is 8.82. The maximum Gasteiger partial charge on any atom is 0.0587 e. The summed E-state index contributed by atoms with van der Waals surface area (Å²) in [6.45, 7) is 7.66. The Morgan fingerprint density at radius 2 is 1.57 bits per heavy atom. The molecule has 0 aliphatic heterocycles. The van der Waals surface area contributed by atoms with Gasteiger partial charge >= 0.3 is 0 Å². The molecule has 2 unspecified atom stereocenters. The van der Waals surface area contributed by atoms with Crippen LogP contribution in [-0.2, 0) is 0 Å². The Morgan fingerprint density at radius 1 is 0.952 bits per heavy atom. The molecular weight excluding hydrogens is 369 g/mol. The molecule has 2 rings (SSSR count). The molecule has 0 saturated carbocycles. The fourth-order valence-corrected chi connectivity index (χ4v) is 3.27. The van der Waals surface area contributed by atoms with Gasteiger partial charge in [0.2, 0.25) is 0 Å². The maximum absolute atomic E-state index is 3.61. The lowest BCUT2D eigenvalue weighted by molar-refractivity contribution is 0.627. The van der Waals surface area contributed by atoms with E-state index in [0.717, 1.165) is 6.54 Å². The third kappa shape index (κ3) is 4.07. The number of nitrogens with one attached hydrogen (secondary N) is 1. The van der Waals surface area contributed by atoms with Gasteiger partial charge in [-0.3, -0.25) is 0 Å². The minimum absolute atomic E-state index is 0.272. The summed E-state index contributed by atoms with van der Waals surface area (Å²) in [6, 6.07) is 18.0. The van der Waals surface area contributed by atoms with Crippen LogP contribution in [0.15, 0.2) is 48.5 Å². The van der Waals surface area contributed by atoms with Gasteiger partial charge in [-0.25, -0.2) is 0 Å². The van der Waals surface area contributed by atoms with Crippen molar-refractivity contribution >= 4 is 22.6 Å². The number of hydrogen-bond acceptors (Lipinski definition) is 1. The molecule has 0 fully saturated rings. The maximum atomic E-state index is 3.61. The van der Waals surface area contributed by atoms with Gasteiger partial charge < -0.3 is 5.32 Å². The third-order valence-electron chi connectivity index (χ3n) is 4.08. The van der Waals surface area contributed by atoms with E-state index < -0.39 is 0 Å². The average molecular weight is 393 g/mol. The van der Waals surface area contributed by atoms with Crippen LogP contribution in [0.25, 0.3) is 0 Å². The van der Waals surface area contributed by atoms with Crippen LogP contribution >= 0.6 is 22.6 Å². The highest BCUT2D eigenvalue weighted by Gasteiger charge is 2.15. The first kappa shape index (κ1) is 16.5. The second kappa shape index (κ2) is 7.95. The van der Waals surface area contributed by atoms with E-state index in [4.69, 9.17) is 0 Å². The molecular formula is C19H24IN. The summed E-state index contributed by atoms with van der Waals surface area (Å²) in [7, 11) is 0. The van der Waals surface area contributed by atoms with Crippen molar-refractivity contribution in [2.24, 2.45) is 0 Å². The molecule has 1 N–H and O–H groups in total. The minimum atomic E-state index is 0.272. The lowest BCUT2D eigenvalue weighted by Gasteiger charge is -2.21. The molecule has 0 bridgehead atoms. The molecule has 0 aromatic heterocycles. The number of rotatable bonds is 6. The van der Waals surface area contributed by atoms with Crippen LogP contribution in [0.5, 0.6) is 0 Å². The highest BCUT2D eigenvalue weighted by atomic mass is 127. The molecule has 2 aromatic carbocycles. The first-order valence-electron chi connectivity index (χ1n) is 7.75. The van der Waals surface area contributed by atoms with Crippen LogP contribution in [0.3, 0.4) is 0 Å². The second-order valence-corrected chi connectivity index (χ2v) is 6.65. The molecule has 2 atom stereocenters. The van der Waals surface area contributed by atoms with Crippen LogP contribution in [0, 0.1) is 3.57 Å². The largest absolute Gasteiger partial charge is 0.306 e. The fraction of sp³-hybridized carbons (Fsp3) is 0.368. The van der Waals surface area contributed by atoms with Gasteiger partial charge in [0.05, 0.1) is 6.04 Å². The Labute approximate surface area is 142 Å². The predicted octanol–water partition coefficient (Wildman–Crippen LogP) is 5.50. The van der Waals surface area contributed by atoms with Crippen LogP contribution in [0.4, 0.5) is 0 Å². The van der Waals surface area contributed by atoms with E-state index in [1.807, 2.05) is 0 Å². The van der Waals surface area contributed by atoms with Gasteiger partial charge in [0.25, 0.3) is 0 Å². The van der Waals surface area contributed by atoms with Crippen molar-refractivity contribution in [3.8, 4) is 0 Å². The number of hydrogen-bond donors (Lipinski definition) is 1. The van der Waals surface area contributed by atoms with E-state index in [0.29, 0.717) is 5.92 Å². The molecule has 2 heteroatoms. The lowest BCUT2D eigenvalue weighted by Crippen LogP contribution is -2.22. The summed E-state index contributed by atoms with van der Waals surface area (Å²) < 4.78 is 1.31. The normalized spacial score (nSPS) is 13.9. The van der Waals surface area contributed by atoms with Crippen LogP contribution in [0.2, 0.25) is 0 Å². The highest BCUT2D eigenvalue weighted by Crippen LogP contribution is 2.28. The minimum Gasteiger partial charge on any atom is -0.306 e. The Bertz CT molecular complexity index is 562. The Morgan fingerprint density at radius 3 is 2.14 bits per heavy atom. The van der Waals surface area contributed by atoms with Crippen molar-refractivity contribution in [3.63, 3.8) is 0 Å².